The van der Waals surface area contributed by atoms with Crippen molar-refractivity contribution in [1.82, 2.24) is 0 Å². The lowest BCUT2D eigenvalue weighted by atomic mass is 10.1. The Morgan fingerprint density at radius 2 is 2.14 bits per heavy atom. The highest BCUT2D eigenvalue weighted by molar-refractivity contribution is 7.12. The van der Waals surface area contributed by atoms with Gasteiger partial charge in [-0.15, -0.1) is 11.3 Å². The van der Waals surface area contributed by atoms with E-state index in [9.17, 15) is 9.59 Å². The summed E-state index contributed by atoms with van der Waals surface area (Å²) in [6.45, 7) is 2.68. The van der Waals surface area contributed by atoms with E-state index in [0.29, 0.717) is 12.1 Å². The van der Waals surface area contributed by atoms with Gasteiger partial charge in [-0.3, -0.25) is 9.59 Å². The second kappa shape index (κ2) is 6.32. The average molecular weight is 314 g/mol. The Morgan fingerprint density at radius 1 is 1.27 bits per heavy atom. The molecule has 2 amide bonds. The quantitative estimate of drug-likeness (QED) is 0.936. The van der Waals surface area contributed by atoms with Crippen LogP contribution in [-0.4, -0.2) is 18.4 Å². The van der Waals surface area contributed by atoms with Gasteiger partial charge < -0.3 is 10.2 Å². The van der Waals surface area contributed by atoms with E-state index < -0.39 is 0 Å². The van der Waals surface area contributed by atoms with E-state index in [1.165, 1.54) is 11.3 Å². The molecule has 4 nitrogen and oxygen atoms in total. The van der Waals surface area contributed by atoms with Crippen molar-refractivity contribution in [3.05, 3.63) is 46.2 Å². The second-order valence-electron chi connectivity index (χ2n) is 5.44. The zero-order valence-corrected chi connectivity index (χ0v) is 13.3. The topological polar surface area (TPSA) is 49.4 Å². The molecule has 1 aliphatic rings. The Balaban J connectivity index is 1.78. The Morgan fingerprint density at radius 3 is 2.86 bits per heavy atom. The molecular formula is C17H18N2O2S. The van der Waals surface area contributed by atoms with E-state index in [4.69, 9.17) is 0 Å². The largest absolute Gasteiger partial charge is 0.321 e. The third-order valence-electron chi connectivity index (χ3n) is 3.81. The molecule has 2 aromatic rings. The first-order valence-corrected chi connectivity index (χ1v) is 8.29. The zero-order chi connectivity index (χ0) is 15.5. The SMILES string of the molecule is Cc1ccsc1C(=O)Nc1cccc(N2CCCCC2=O)c1. The maximum absolute atomic E-state index is 12.3. The Hall–Kier alpha value is -2.14. The molecule has 1 aliphatic heterocycles. The van der Waals surface area contributed by atoms with Gasteiger partial charge in [0.2, 0.25) is 5.91 Å². The first-order valence-electron chi connectivity index (χ1n) is 7.41. The molecule has 3 rings (SSSR count). The zero-order valence-electron chi connectivity index (χ0n) is 12.5. The summed E-state index contributed by atoms with van der Waals surface area (Å²) in [6.07, 6.45) is 2.59. The number of aryl methyl sites for hydroxylation is 1. The van der Waals surface area contributed by atoms with E-state index in [1.54, 1.807) is 4.90 Å². The first kappa shape index (κ1) is 14.8. The highest BCUT2D eigenvalue weighted by Crippen LogP contribution is 2.25. The molecule has 1 fully saturated rings. The highest BCUT2D eigenvalue weighted by Gasteiger charge is 2.20. The minimum absolute atomic E-state index is 0.102. The van der Waals surface area contributed by atoms with E-state index in [1.807, 2.05) is 42.6 Å². The second-order valence-corrected chi connectivity index (χ2v) is 6.36. The number of nitrogens with one attached hydrogen (secondary N) is 1. The van der Waals surface area contributed by atoms with E-state index in [0.717, 1.165) is 35.5 Å². The van der Waals surface area contributed by atoms with Crippen LogP contribution in [0, 0.1) is 6.92 Å². The van der Waals surface area contributed by atoms with Crippen LogP contribution in [0.3, 0.4) is 0 Å². The van der Waals surface area contributed by atoms with Crippen molar-refractivity contribution >= 4 is 34.5 Å². The van der Waals surface area contributed by atoms with Crippen LogP contribution in [0.5, 0.6) is 0 Å². The maximum Gasteiger partial charge on any atom is 0.265 e. The average Bonchev–Trinajstić information content (AvgIpc) is 2.94. The molecule has 0 bridgehead atoms. The number of hydrogen-bond donors (Lipinski definition) is 1. The van der Waals surface area contributed by atoms with Gasteiger partial charge in [-0.25, -0.2) is 0 Å². The maximum atomic E-state index is 12.3. The molecule has 2 heterocycles. The fraction of sp³-hybridized carbons (Fsp3) is 0.294. The van der Waals surface area contributed by atoms with Crippen molar-refractivity contribution in [2.24, 2.45) is 0 Å². The number of piperidine rings is 1. The van der Waals surface area contributed by atoms with Gasteiger partial charge in [0.05, 0.1) is 4.88 Å². The number of benzene rings is 1. The number of nitrogens with zero attached hydrogens (tertiary/aromatic N) is 1. The van der Waals surface area contributed by atoms with Crippen LogP contribution in [0.1, 0.15) is 34.5 Å². The summed E-state index contributed by atoms with van der Waals surface area (Å²) in [7, 11) is 0. The van der Waals surface area contributed by atoms with Crippen LogP contribution in [0.2, 0.25) is 0 Å². The van der Waals surface area contributed by atoms with Crippen LogP contribution in [0.4, 0.5) is 11.4 Å². The van der Waals surface area contributed by atoms with Crippen LogP contribution in [-0.2, 0) is 4.79 Å². The number of rotatable bonds is 3. The van der Waals surface area contributed by atoms with Crippen LogP contribution < -0.4 is 10.2 Å². The first-order chi connectivity index (χ1) is 10.6. The van der Waals surface area contributed by atoms with Gasteiger partial charge in [0, 0.05) is 24.3 Å². The van der Waals surface area contributed by atoms with Crippen LogP contribution in [0.25, 0.3) is 0 Å². The summed E-state index contributed by atoms with van der Waals surface area (Å²) in [5.41, 5.74) is 2.55. The summed E-state index contributed by atoms with van der Waals surface area (Å²) in [6, 6.07) is 9.43. The van der Waals surface area contributed by atoms with E-state index in [2.05, 4.69) is 5.32 Å². The molecule has 1 aromatic carbocycles. The van der Waals surface area contributed by atoms with Gasteiger partial charge in [0.25, 0.3) is 5.91 Å². The number of anilines is 2. The fourth-order valence-corrected chi connectivity index (χ4v) is 3.44. The summed E-state index contributed by atoms with van der Waals surface area (Å²) in [5, 5.41) is 4.82. The standard InChI is InChI=1S/C17H18N2O2S/c1-12-8-10-22-16(12)17(21)18-13-5-4-6-14(11-13)19-9-3-2-7-15(19)20/h4-6,8,10-11H,2-3,7,9H2,1H3,(H,18,21). The van der Waals surface area contributed by atoms with Crippen LogP contribution in [0.15, 0.2) is 35.7 Å². The molecule has 1 N–H and O–H groups in total. The molecule has 0 spiro atoms. The molecule has 22 heavy (non-hydrogen) atoms. The molecule has 5 heteroatoms. The molecule has 1 aromatic heterocycles. The number of thiophene rings is 1. The van der Waals surface area contributed by atoms with Gasteiger partial charge >= 0.3 is 0 Å². The lowest BCUT2D eigenvalue weighted by Crippen LogP contribution is -2.35. The van der Waals surface area contributed by atoms with Gasteiger partial charge in [-0.1, -0.05) is 6.07 Å². The number of carbonyl (C=O) groups is 2. The minimum Gasteiger partial charge on any atom is -0.321 e. The summed E-state index contributed by atoms with van der Waals surface area (Å²) in [4.78, 5) is 26.8. The number of hydrogen-bond acceptors (Lipinski definition) is 3. The predicted molar refractivity (Wildman–Crippen MR) is 89.7 cm³/mol. The molecule has 1 saturated heterocycles. The monoisotopic (exact) mass is 314 g/mol. The third-order valence-corrected chi connectivity index (χ3v) is 4.82. The Bertz CT molecular complexity index is 708. The smallest absolute Gasteiger partial charge is 0.265 e. The fourth-order valence-electron chi connectivity index (χ4n) is 2.62. The highest BCUT2D eigenvalue weighted by atomic mass is 32.1. The van der Waals surface area contributed by atoms with Crippen molar-refractivity contribution in [2.45, 2.75) is 26.2 Å². The lowest BCUT2D eigenvalue weighted by molar-refractivity contribution is -0.119. The minimum atomic E-state index is -0.102. The molecule has 0 atom stereocenters. The lowest BCUT2D eigenvalue weighted by Gasteiger charge is -2.27. The molecule has 0 radical (unpaired) electrons. The summed E-state index contributed by atoms with van der Waals surface area (Å²) >= 11 is 1.43. The molecule has 0 unspecified atom stereocenters. The molecule has 0 saturated carbocycles. The van der Waals surface area contributed by atoms with Crippen LogP contribution >= 0.6 is 11.3 Å². The third kappa shape index (κ3) is 3.04. The van der Waals surface area contributed by atoms with Gasteiger partial charge in [-0.05, 0) is 55.0 Å². The molecule has 0 aliphatic carbocycles. The van der Waals surface area contributed by atoms with Gasteiger partial charge in [0.1, 0.15) is 0 Å². The number of carbonyl (C=O) groups excluding carboxylic acids is 2. The Labute approximate surface area is 133 Å². The van der Waals surface area contributed by atoms with Crippen molar-refractivity contribution in [3.63, 3.8) is 0 Å². The van der Waals surface area contributed by atoms with E-state index in [-0.39, 0.29) is 11.8 Å². The van der Waals surface area contributed by atoms with Crippen molar-refractivity contribution in [1.29, 1.82) is 0 Å². The summed E-state index contributed by atoms with van der Waals surface area (Å²) < 4.78 is 0. The van der Waals surface area contributed by atoms with Crippen molar-refractivity contribution in [2.75, 3.05) is 16.8 Å². The molecule has 114 valence electrons. The van der Waals surface area contributed by atoms with Crippen molar-refractivity contribution in [3.8, 4) is 0 Å². The Kier molecular flexibility index (Phi) is 4.24. The number of amides is 2. The van der Waals surface area contributed by atoms with Gasteiger partial charge in [-0.2, -0.15) is 0 Å². The normalized spacial score (nSPS) is 15.0. The van der Waals surface area contributed by atoms with Crippen molar-refractivity contribution < 1.29 is 9.59 Å². The molecular weight excluding hydrogens is 296 g/mol. The van der Waals surface area contributed by atoms with E-state index >= 15 is 0 Å². The summed E-state index contributed by atoms with van der Waals surface area (Å²) in [5.74, 6) is 0.0541. The van der Waals surface area contributed by atoms with Gasteiger partial charge in [0.15, 0.2) is 0 Å². The predicted octanol–water partition coefficient (Wildman–Crippen LogP) is 3.83.